The third kappa shape index (κ3) is 1.39. The molecular formula is C9H12N4. The smallest absolute Gasteiger partial charge is 0.173 e. The molecule has 0 aliphatic carbocycles. The first-order valence-corrected chi connectivity index (χ1v) is 4.23. The zero-order valence-electron chi connectivity index (χ0n) is 8.02. The predicted octanol–water partition coefficient (Wildman–Crippen LogP) is 1.42. The van der Waals surface area contributed by atoms with E-state index >= 15 is 0 Å². The highest BCUT2D eigenvalue weighted by atomic mass is 15.3. The van der Waals surface area contributed by atoms with Crippen molar-refractivity contribution in [2.45, 2.75) is 26.2 Å². The molecule has 0 fully saturated rings. The van der Waals surface area contributed by atoms with Crippen LogP contribution in [0, 0.1) is 0 Å². The molecule has 2 heterocycles. The second-order valence-corrected chi connectivity index (χ2v) is 4.09. The minimum absolute atomic E-state index is 0.0557. The second kappa shape index (κ2) is 2.52. The van der Waals surface area contributed by atoms with Crippen molar-refractivity contribution in [1.82, 2.24) is 19.6 Å². The lowest BCUT2D eigenvalue weighted by atomic mass is 9.93. The van der Waals surface area contributed by atoms with Gasteiger partial charge in [-0.1, -0.05) is 20.8 Å². The van der Waals surface area contributed by atoms with Crippen LogP contribution in [0.3, 0.4) is 0 Å². The van der Waals surface area contributed by atoms with Crippen molar-refractivity contribution in [3.05, 3.63) is 24.4 Å². The lowest BCUT2D eigenvalue weighted by Crippen LogP contribution is -2.14. The first kappa shape index (κ1) is 8.16. The highest BCUT2D eigenvalue weighted by Gasteiger charge is 2.15. The maximum Gasteiger partial charge on any atom is 0.173 e. The molecule has 0 aliphatic rings. The maximum absolute atomic E-state index is 4.33. The van der Waals surface area contributed by atoms with Crippen LogP contribution >= 0.6 is 0 Å². The van der Waals surface area contributed by atoms with Crippen LogP contribution in [0.25, 0.3) is 5.65 Å². The molecule has 68 valence electrons. The van der Waals surface area contributed by atoms with Crippen LogP contribution in [0.2, 0.25) is 0 Å². The summed E-state index contributed by atoms with van der Waals surface area (Å²) in [4.78, 5) is 8.36. The minimum atomic E-state index is 0.0557. The lowest BCUT2D eigenvalue weighted by molar-refractivity contribution is 0.562. The Kier molecular flexibility index (Phi) is 1.58. The van der Waals surface area contributed by atoms with Gasteiger partial charge in [-0.25, -0.2) is 9.50 Å². The zero-order valence-corrected chi connectivity index (χ0v) is 8.02. The van der Waals surface area contributed by atoms with Gasteiger partial charge in [0.1, 0.15) is 6.33 Å². The van der Waals surface area contributed by atoms with Gasteiger partial charge in [0.05, 0.1) is 18.1 Å². The van der Waals surface area contributed by atoms with Gasteiger partial charge in [-0.2, -0.15) is 5.10 Å². The molecule has 13 heavy (non-hydrogen) atoms. The lowest BCUT2D eigenvalue weighted by Gasteiger charge is -2.16. The molecule has 0 aromatic carbocycles. The molecule has 0 atom stereocenters. The highest BCUT2D eigenvalue weighted by molar-refractivity contribution is 5.33. The van der Waals surface area contributed by atoms with Crippen molar-refractivity contribution in [1.29, 1.82) is 0 Å². The molecule has 0 saturated carbocycles. The van der Waals surface area contributed by atoms with E-state index in [1.54, 1.807) is 10.7 Å². The summed E-state index contributed by atoms with van der Waals surface area (Å²) in [5, 5.41) is 4.06. The summed E-state index contributed by atoms with van der Waals surface area (Å²) >= 11 is 0. The number of aromatic nitrogens is 4. The predicted molar refractivity (Wildman–Crippen MR) is 49.5 cm³/mol. The SMILES string of the molecule is CC(C)(C)c1cn2ncnc2cn1. The quantitative estimate of drug-likeness (QED) is 0.609. The topological polar surface area (TPSA) is 43.1 Å². The Balaban J connectivity index is 2.61. The molecule has 0 radical (unpaired) electrons. The first-order valence-electron chi connectivity index (χ1n) is 4.23. The van der Waals surface area contributed by atoms with Crippen molar-refractivity contribution in [2.24, 2.45) is 0 Å². The van der Waals surface area contributed by atoms with Crippen molar-refractivity contribution in [2.75, 3.05) is 0 Å². The molecule has 2 aromatic rings. The molecule has 0 saturated heterocycles. The van der Waals surface area contributed by atoms with Crippen molar-refractivity contribution < 1.29 is 0 Å². The van der Waals surface area contributed by atoms with Crippen molar-refractivity contribution >= 4 is 5.65 Å². The second-order valence-electron chi connectivity index (χ2n) is 4.09. The highest BCUT2D eigenvalue weighted by Crippen LogP contribution is 2.18. The van der Waals surface area contributed by atoms with E-state index in [-0.39, 0.29) is 5.41 Å². The molecular weight excluding hydrogens is 164 g/mol. The summed E-state index contributed by atoms with van der Waals surface area (Å²) in [5.74, 6) is 0. The van der Waals surface area contributed by atoms with Gasteiger partial charge < -0.3 is 0 Å². The molecule has 2 rings (SSSR count). The Morgan fingerprint density at radius 2 is 2.00 bits per heavy atom. The van der Waals surface area contributed by atoms with Crippen LogP contribution in [0.1, 0.15) is 26.5 Å². The van der Waals surface area contributed by atoms with Gasteiger partial charge in [-0.15, -0.1) is 0 Å². The normalized spacial score (nSPS) is 12.2. The van der Waals surface area contributed by atoms with Crippen LogP contribution in [0.4, 0.5) is 0 Å². The number of nitrogens with zero attached hydrogens (tertiary/aromatic N) is 4. The van der Waals surface area contributed by atoms with Crippen LogP contribution < -0.4 is 0 Å². The summed E-state index contributed by atoms with van der Waals surface area (Å²) in [6.45, 7) is 6.37. The Labute approximate surface area is 76.6 Å². The van der Waals surface area contributed by atoms with E-state index in [2.05, 4.69) is 35.8 Å². The molecule has 2 aromatic heterocycles. The molecule has 0 bridgehead atoms. The standard InChI is InChI=1S/C9H12N4/c1-9(2,3)7-5-13-8(4-10-7)11-6-12-13/h4-6H,1-3H3. The third-order valence-corrected chi connectivity index (χ3v) is 1.93. The first-order chi connectivity index (χ1) is 6.07. The van der Waals surface area contributed by atoms with Gasteiger partial charge in [0, 0.05) is 5.41 Å². The monoisotopic (exact) mass is 176 g/mol. The number of hydrogen-bond acceptors (Lipinski definition) is 3. The number of hydrogen-bond donors (Lipinski definition) is 0. The number of fused-ring (bicyclic) bond motifs is 1. The molecule has 0 N–H and O–H groups in total. The van der Waals surface area contributed by atoms with E-state index in [4.69, 9.17) is 0 Å². The van der Waals surface area contributed by atoms with E-state index in [9.17, 15) is 0 Å². The molecule has 0 amide bonds. The van der Waals surface area contributed by atoms with Crippen LogP contribution in [-0.2, 0) is 5.41 Å². The summed E-state index contributed by atoms with van der Waals surface area (Å²) in [7, 11) is 0. The average Bonchev–Trinajstić information content (AvgIpc) is 2.47. The van der Waals surface area contributed by atoms with Crippen molar-refractivity contribution in [3.8, 4) is 0 Å². The fraction of sp³-hybridized carbons (Fsp3) is 0.444. The Morgan fingerprint density at radius 1 is 1.23 bits per heavy atom. The Bertz CT molecular complexity index is 424. The average molecular weight is 176 g/mol. The van der Waals surface area contributed by atoms with Crippen LogP contribution in [0.15, 0.2) is 18.7 Å². The summed E-state index contributed by atoms with van der Waals surface area (Å²) in [6.07, 6.45) is 5.19. The molecule has 0 spiro atoms. The van der Waals surface area contributed by atoms with Gasteiger partial charge in [0.15, 0.2) is 5.65 Å². The van der Waals surface area contributed by atoms with E-state index in [0.717, 1.165) is 11.3 Å². The van der Waals surface area contributed by atoms with Crippen LogP contribution in [-0.4, -0.2) is 19.6 Å². The van der Waals surface area contributed by atoms with Gasteiger partial charge in [0.25, 0.3) is 0 Å². The van der Waals surface area contributed by atoms with E-state index < -0.39 is 0 Å². The molecule has 0 aliphatic heterocycles. The van der Waals surface area contributed by atoms with Gasteiger partial charge in [0.2, 0.25) is 0 Å². The third-order valence-electron chi connectivity index (χ3n) is 1.93. The fourth-order valence-corrected chi connectivity index (χ4v) is 1.11. The fourth-order valence-electron chi connectivity index (χ4n) is 1.11. The largest absolute Gasteiger partial charge is 0.255 e. The van der Waals surface area contributed by atoms with Gasteiger partial charge in [-0.3, -0.25) is 4.98 Å². The maximum atomic E-state index is 4.33. The molecule has 4 nitrogen and oxygen atoms in total. The zero-order chi connectivity index (χ0) is 9.47. The van der Waals surface area contributed by atoms with Crippen molar-refractivity contribution in [3.63, 3.8) is 0 Å². The summed E-state index contributed by atoms with van der Waals surface area (Å²) in [6, 6.07) is 0. The molecule has 4 heteroatoms. The van der Waals surface area contributed by atoms with Crippen LogP contribution in [0.5, 0.6) is 0 Å². The molecule has 0 unspecified atom stereocenters. The number of rotatable bonds is 0. The Morgan fingerprint density at radius 3 is 2.69 bits per heavy atom. The Hall–Kier alpha value is -1.45. The van der Waals surface area contributed by atoms with E-state index in [1.165, 1.54) is 6.33 Å². The van der Waals surface area contributed by atoms with Gasteiger partial charge in [-0.05, 0) is 0 Å². The van der Waals surface area contributed by atoms with E-state index in [0.29, 0.717) is 0 Å². The van der Waals surface area contributed by atoms with Gasteiger partial charge >= 0.3 is 0 Å². The summed E-state index contributed by atoms with van der Waals surface area (Å²) < 4.78 is 1.74. The van der Waals surface area contributed by atoms with E-state index in [1.807, 2.05) is 6.20 Å². The summed E-state index contributed by atoms with van der Waals surface area (Å²) in [5.41, 5.74) is 1.86. The minimum Gasteiger partial charge on any atom is -0.255 e.